The molecule has 2 atom stereocenters. The summed E-state index contributed by atoms with van der Waals surface area (Å²) in [5.41, 5.74) is 6.58. The topological polar surface area (TPSA) is 46.5 Å². The minimum Gasteiger partial charge on any atom is -0.396 e. The zero-order valence-electron chi connectivity index (χ0n) is 17.9. The molecular weight excluding hydrogens is 384 g/mol. The molecule has 0 aromatic carbocycles. The van der Waals surface area contributed by atoms with Gasteiger partial charge >= 0.3 is 0 Å². The molecule has 160 valence electrons. The number of Topliss-reactive ketones (excluding diaryl/α,β-unsaturated/α-hetero) is 1. The molecule has 31 heavy (non-hydrogen) atoms. The molecule has 0 saturated carbocycles. The second kappa shape index (κ2) is 10.0. The largest absolute Gasteiger partial charge is 0.396 e. The molecule has 0 bridgehead atoms. The second-order valence-corrected chi connectivity index (χ2v) is 8.43. The van der Waals surface area contributed by atoms with Crippen molar-refractivity contribution in [3.63, 3.8) is 0 Å². The molecule has 0 radical (unpaired) electrons. The number of aliphatic hydroxyl groups excluding tert-OH is 1. The van der Waals surface area contributed by atoms with Crippen molar-refractivity contribution >= 4 is 5.78 Å². The lowest BCUT2D eigenvalue weighted by Gasteiger charge is -2.22. The monoisotopic (exact) mass is 414 g/mol. The van der Waals surface area contributed by atoms with Gasteiger partial charge in [-0.05, 0) is 53.7 Å². The molecule has 0 heterocycles. The summed E-state index contributed by atoms with van der Waals surface area (Å²) in [6.07, 6.45) is 26.1. The number of ether oxygens (including phenoxy) is 1. The van der Waals surface area contributed by atoms with Crippen LogP contribution in [0.5, 0.6) is 0 Å². The highest BCUT2D eigenvalue weighted by atomic mass is 16.5. The molecule has 3 nitrogen and oxygen atoms in total. The van der Waals surface area contributed by atoms with E-state index in [-0.39, 0.29) is 24.2 Å². The number of carbonyl (C=O) groups excluding carboxylic acids is 1. The van der Waals surface area contributed by atoms with Crippen molar-refractivity contribution < 1.29 is 14.6 Å². The summed E-state index contributed by atoms with van der Waals surface area (Å²) in [6, 6.07) is 0. The second-order valence-electron chi connectivity index (χ2n) is 8.43. The van der Waals surface area contributed by atoms with Crippen LogP contribution in [0.2, 0.25) is 0 Å². The fourth-order valence-electron chi connectivity index (χ4n) is 4.34. The van der Waals surface area contributed by atoms with Crippen LogP contribution in [-0.4, -0.2) is 30.7 Å². The maximum absolute atomic E-state index is 12.8. The number of ketones is 1. The van der Waals surface area contributed by atoms with Gasteiger partial charge in [0.25, 0.3) is 0 Å². The first-order chi connectivity index (χ1) is 15.1. The number of hydrogen-bond donors (Lipinski definition) is 1. The van der Waals surface area contributed by atoms with E-state index in [1.54, 1.807) is 0 Å². The van der Waals surface area contributed by atoms with E-state index in [0.717, 1.165) is 36.0 Å². The summed E-state index contributed by atoms with van der Waals surface area (Å²) in [5, 5.41) is 8.83. The van der Waals surface area contributed by atoms with E-state index < -0.39 is 0 Å². The van der Waals surface area contributed by atoms with Gasteiger partial charge in [-0.25, -0.2) is 0 Å². The van der Waals surface area contributed by atoms with Gasteiger partial charge < -0.3 is 9.84 Å². The standard InChI is InChI=1S/C28H30O3/c1-20-14-26(18-24-6-2-3-7-27(20)24)28(30)11-9-21-15-23-10-8-22(17-25(23)16-21)19-31-13-5-4-12-29/h2-3,6-8,10,14-18,25,27,29H,1,4-5,9,11-13,19H2. The number of allylic oxidation sites excluding steroid dienone is 15. The van der Waals surface area contributed by atoms with Gasteiger partial charge in [0.1, 0.15) is 0 Å². The van der Waals surface area contributed by atoms with Crippen LogP contribution in [0.1, 0.15) is 25.7 Å². The van der Waals surface area contributed by atoms with E-state index >= 15 is 0 Å². The number of fused-ring (bicyclic) bond motifs is 2. The fourth-order valence-corrected chi connectivity index (χ4v) is 4.34. The van der Waals surface area contributed by atoms with Gasteiger partial charge in [0, 0.05) is 37.0 Å². The Morgan fingerprint density at radius 1 is 1.00 bits per heavy atom. The van der Waals surface area contributed by atoms with Crippen molar-refractivity contribution in [3.8, 4) is 0 Å². The number of hydrogen-bond acceptors (Lipinski definition) is 3. The summed E-state index contributed by atoms with van der Waals surface area (Å²) in [6.45, 7) is 5.64. The molecule has 0 aromatic rings. The third-order valence-corrected chi connectivity index (χ3v) is 6.07. The molecule has 4 aliphatic carbocycles. The van der Waals surface area contributed by atoms with Gasteiger partial charge in [-0.2, -0.15) is 0 Å². The highest BCUT2D eigenvalue weighted by molar-refractivity contribution is 5.99. The Hall–Kier alpha value is -2.75. The molecule has 3 heteroatoms. The minimum atomic E-state index is 0.173. The molecule has 0 fully saturated rings. The molecule has 1 N–H and O–H groups in total. The lowest BCUT2D eigenvalue weighted by molar-refractivity contribution is -0.115. The fraction of sp³-hybridized carbons (Fsp3) is 0.321. The summed E-state index contributed by atoms with van der Waals surface area (Å²) in [4.78, 5) is 12.8. The molecular formula is C28H30O3. The first-order valence-corrected chi connectivity index (χ1v) is 11.1. The Balaban J connectivity index is 1.30. The minimum absolute atomic E-state index is 0.173. The summed E-state index contributed by atoms with van der Waals surface area (Å²) < 4.78 is 5.70. The van der Waals surface area contributed by atoms with E-state index in [4.69, 9.17) is 9.84 Å². The first kappa shape index (κ1) is 21.5. The van der Waals surface area contributed by atoms with E-state index in [9.17, 15) is 4.79 Å². The maximum atomic E-state index is 12.8. The zero-order chi connectivity index (χ0) is 21.6. The lowest BCUT2D eigenvalue weighted by atomic mass is 9.81. The smallest absolute Gasteiger partial charge is 0.163 e. The lowest BCUT2D eigenvalue weighted by Crippen LogP contribution is -2.12. The number of aliphatic hydroxyl groups is 1. The van der Waals surface area contributed by atoms with E-state index in [1.165, 1.54) is 16.7 Å². The van der Waals surface area contributed by atoms with E-state index in [0.29, 0.717) is 19.6 Å². The average Bonchev–Trinajstić information content (AvgIpc) is 3.19. The normalized spacial score (nSPS) is 23.5. The van der Waals surface area contributed by atoms with Crippen molar-refractivity contribution in [2.75, 3.05) is 19.8 Å². The quantitative estimate of drug-likeness (QED) is 0.496. The summed E-state index contributed by atoms with van der Waals surface area (Å²) >= 11 is 0. The van der Waals surface area contributed by atoms with Gasteiger partial charge in [-0.3, -0.25) is 4.79 Å². The molecule has 0 aromatic heterocycles. The van der Waals surface area contributed by atoms with Crippen LogP contribution in [-0.2, 0) is 9.53 Å². The Morgan fingerprint density at radius 3 is 2.74 bits per heavy atom. The van der Waals surface area contributed by atoms with Gasteiger partial charge in [0.05, 0.1) is 6.61 Å². The van der Waals surface area contributed by atoms with Gasteiger partial charge in [0.2, 0.25) is 0 Å². The van der Waals surface area contributed by atoms with E-state index in [1.807, 2.05) is 24.3 Å². The van der Waals surface area contributed by atoms with Crippen LogP contribution >= 0.6 is 0 Å². The molecule has 0 amide bonds. The Morgan fingerprint density at radius 2 is 1.87 bits per heavy atom. The van der Waals surface area contributed by atoms with Crippen LogP contribution in [0.25, 0.3) is 0 Å². The van der Waals surface area contributed by atoms with Crippen molar-refractivity contribution in [1.82, 2.24) is 0 Å². The Kier molecular flexibility index (Phi) is 6.96. The van der Waals surface area contributed by atoms with Crippen LogP contribution in [0.4, 0.5) is 0 Å². The van der Waals surface area contributed by atoms with E-state index in [2.05, 4.69) is 49.1 Å². The highest BCUT2D eigenvalue weighted by Gasteiger charge is 2.23. The average molecular weight is 415 g/mol. The third-order valence-electron chi connectivity index (χ3n) is 6.07. The zero-order valence-corrected chi connectivity index (χ0v) is 17.9. The molecule has 4 rings (SSSR count). The first-order valence-electron chi connectivity index (χ1n) is 11.1. The van der Waals surface area contributed by atoms with Crippen LogP contribution < -0.4 is 0 Å². The molecule has 0 spiro atoms. The maximum Gasteiger partial charge on any atom is 0.163 e. The van der Waals surface area contributed by atoms with Gasteiger partial charge in [-0.1, -0.05) is 66.8 Å². The number of rotatable bonds is 10. The molecule has 2 unspecified atom stereocenters. The van der Waals surface area contributed by atoms with Crippen molar-refractivity contribution in [2.24, 2.45) is 11.8 Å². The number of unbranched alkanes of at least 4 members (excludes halogenated alkanes) is 1. The Labute approximate surface area is 184 Å². The van der Waals surface area contributed by atoms with Gasteiger partial charge in [-0.15, -0.1) is 0 Å². The molecule has 0 aliphatic heterocycles. The van der Waals surface area contributed by atoms with Crippen LogP contribution in [0.3, 0.4) is 0 Å². The molecule has 4 aliphatic rings. The third kappa shape index (κ3) is 5.30. The predicted octanol–water partition coefficient (Wildman–Crippen LogP) is 5.27. The number of carbonyl (C=O) groups is 1. The van der Waals surface area contributed by atoms with Gasteiger partial charge in [0.15, 0.2) is 5.78 Å². The highest BCUT2D eigenvalue weighted by Crippen LogP contribution is 2.35. The Bertz CT molecular complexity index is 991. The van der Waals surface area contributed by atoms with Crippen molar-refractivity contribution in [2.45, 2.75) is 25.7 Å². The van der Waals surface area contributed by atoms with Crippen LogP contribution in [0, 0.1) is 11.8 Å². The summed E-state index contributed by atoms with van der Waals surface area (Å²) in [5.74, 6) is 0.660. The summed E-state index contributed by atoms with van der Waals surface area (Å²) in [7, 11) is 0. The van der Waals surface area contributed by atoms with Crippen molar-refractivity contribution in [3.05, 3.63) is 107 Å². The predicted molar refractivity (Wildman–Crippen MR) is 125 cm³/mol. The molecule has 0 saturated heterocycles. The SMILES string of the molecule is C=C1C=C(C(=O)CCC2=CC3C=C(COCCCCO)C=CC3=C2)C=C2C=CC=CC12. The van der Waals surface area contributed by atoms with Crippen LogP contribution in [0.15, 0.2) is 107 Å². The van der Waals surface area contributed by atoms with Crippen molar-refractivity contribution in [1.29, 1.82) is 0 Å².